The van der Waals surface area contributed by atoms with Crippen molar-refractivity contribution in [3.63, 3.8) is 0 Å². The molecule has 100 valence electrons. The summed E-state index contributed by atoms with van der Waals surface area (Å²) in [5.74, 6) is -1.09. The third-order valence-electron chi connectivity index (χ3n) is 2.04. The van der Waals surface area contributed by atoms with Crippen LogP contribution in [0.4, 0.5) is 13.2 Å². The van der Waals surface area contributed by atoms with Gasteiger partial charge in [-0.3, -0.25) is 0 Å². The van der Waals surface area contributed by atoms with Gasteiger partial charge in [0.25, 0.3) is 0 Å². The Hall–Kier alpha value is -1.43. The van der Waals surface area contributed by atoms with E-state index in [1.165, 1.54) is 18.2 Å². The van der Waals surface area contributed by atoms with E-state index in [9.17, 15) is 18.0 Å². The van der Waals surface area contributed by atoms with E-state index >= 15 is 0 Å². The highest BCUT2D eigenvalue weighted by Crippen LogP contribution is 2.26. The second-order valence-electron chi connectivity index (χ2n) is 3.52. The Labute approximate surface area is 106 Å². The summed E-state index contributed by atoms with van der Waals surface area (Å²) in [5, 5.41) is 8.89. The van der Waals surface area contributed by atoms with Gasteiger partial charge in [-0.1, -0.05) is 11.6 Å². The van der Waals surface area contributed by atoms with Gasteiger partial charge in [-0.2, -0.15) is 13.2 Å². The second kappa shape index (κ2) is 5.95. The molecule has 0 saturated carbocycles. The highest BCUT2D eigenvalue weighted by molar-refractivity contribution is 6.32. The molecule has 18 heavy (non-hydrogen) atoms. The Morgan fingerprint density at radius 1 is 1.39 bits per heavy atom. The number of hydrogen-bond donors (Lipinski definition) is 1. The van der Waals surface area contributed by atoms with Crippen LogP contribution in [0.15, 0.2) is 18.2 Å². The van der Waals surface area contributed by atoms with Crippen LogP contribution >= 0.6 is 11.6 Å². The Bertz CT molecular complexity index is 432. The maximum Gasteiger partial charge on any atom is 0.389 e. The second-order valence-corrected chi connectivity index (χ2v) is 3.92. The molecule has 0 amide bonds. The average Bonchev–Trinajstić information content (AvgIpc) is 2.24. The minimum absolute atomic E-state index is 0.0368. The molecule has 1 rings (SSSR count). The molecule has 0 aliphatic rings. The molecule has 0 heterocycles. The average molecular weight is 283 g/mol. The molecule has 3 nitrogen and oxygen atoms in total. The van der Waals surface area contributed by atoms with Crippen LogP contribution in [0, 0.1) is 0 Å². The van der Waals surface area contributed by atoms with E-state index in [1.54, 1.807) is 0 Å². The standard InChI is InChI=1S/C11H10ClF3O3/c12-8-3-2-7(10(16)17)6-9(8)18-5-1-4-11(13,14)15/h2-3,6H,1,4-5H2,(H,16,17). The molecule has 0 aliphatic heterocycles. The Morgan fingerprint density at radius 3 is 2.61 bits per heavy atom. The van der Waals surface area contributed by atoms with Crippen molar-refractivity contribution in [1.82, 2.24) is 0 Å². The molecule has 0 unspecified atom stereocenters. The highest BCUT2D eigenvalue weighted by atomic mass is 35.5. The normalized spacial score (nSPS) is 11.3. The lowest BCUT2D eigenvalue weighted by Gasteiger charge is -2.10. The van der Waals surface area contributed by atoms with Gasteiger partial charge in [-0.15, -0.1) is 0 Å². The van der Waals surface area contributed by atoms with E-state index in [2.05, 4.69) is 0 Å². The molecule has 0 radical (unpaired) electrons. The van der Waals surface area contributed by atoms with Crippen LogP contribution in [0.25, 0.3) is 0 Å². The summed E-state index contributed by atoms with van der Waals surface area (Å²) in [5.41, 5.74) is -0.0368. The van der Waals surface area contributed by atoms with Crippen LogP contribution in [0.2, 0.25) is 5.02 Å². The van der Waals surface area contributed by atoms with Gasteiger partial charge in [0.05, 0.1) is 17.2 Å². The molecule has 0 fully saturated rings. The lowest BCUT2D eigenvalue weighted by Crippen LogP contribution is -2.10. The van der Waals surface area contributed by atoms with Gasteiger partial charge < -0.3 is 9.84 Å². The molecule has 1 aromatic rings. The summed E-state index contributed by atoms with van der Waals surface area (Å²) in [4.78, 5) is 10.7. The van der Waals surface area contributed by atoms with Crippen LogP contribution in [-0.2, 0) is 0 Å². The number of aromatic carboxylic acids is 1. The van der Waals surface area contributed by atoms with Crippen LogP contribution in [0.5, 0.6) is 5.75 Å². The lowest BCUT2D eigenvalue weighted by molar-refractivity contribution is -0.136. The monoisotopic (exact) mass is 282 g/mol. The van der Waals surface area contributed by atoms with E-state index < -0.39 is 18.6 Å². The van der Waals surface area contributed by atoms with Crippen LogP contribution < -0.4 is 4.74 Å². The zero-order valence-corrected chi connectivity index (χ0v) is 9.88. The quantitative estimate of drug-likeness (QED) is 0.837. The lowest BCUT2D eigenvalue weighted by atomic mass is 10.2. The largest absolute Gasteiger partial charge is 0.492 e. The first kappa shape index (κ1) is 14.6. The molecule has 0 aromatic heterocycles. The Kier molecular flexibility index (Phi) is 4.84. The third kappa shape index (κ3) is 4.83. The zero-order chi connectivity index (χ0) is 13.8. The summed E-state index contributed by atoms with van der Waals surface area (Å²) in [7, 11) is 0. The molecule has 0 saturated heterocycles. The Morgan fingerprint density at radius 2 is 2.06 bits per heavy atom. The van der Waals surface area contributed by atoms with E-state index in [0.29, 0.717) is 0 Å². The number of halogens is 4. The van der Waals surface area contributed by atoms with E-state index in [4.69, 9.17) is 21.4 Å². The Balaban J connectivity index is 2.56. The highest BCUT2D eigenvalue weighted by Gasteiger charge is 2.26. The topological polar surface area (TPSA) is 46.5 Å². The minimum atomic E-state index is -4.23. The molecule has 0 atom stereocenters. The van der Waals surface area contributed by atoms with Gasteiger partial charge in [0.2, 0.25) is 0 Å². The summed E-state index contributed by atoms with van der Waals surface area (Å²) < 4.78 is 40.6. The SMILES string of the molecule is O=C(O)c1ccc(Cl)c(OCCCC(F)(F)F)c1. The van der Waals surface area contributed by atoms with Crippen molar-refractivity contribution in [2.75, 3.05) is 6.61 Å². The van der Waals surface area contributed by atoms with Crippen molar-refractivity contribution < 1.29 is 27.8 Å². The van der Waals surface area contributed by atoms with Crippen molar-refractivity contribution in [3.8, 4) is 5.75 Å². The fraction of sp³-hybridized carbons (Fsp3) is 0.364. The number of rotatable bonds is 5. The summed E-state index contributed by atoms with van der Waals surface area (Å²) in [6.45, 7) is -0.178. The van der Waals surface area contributed by atoms with Gasteiger partial charge in [0.15, 0.2) is 0 Å². The van der Waals surface area contributed by atoms with Gasteiger partial charge in [-0.25, -0.2) is 4.79 Å². The smallest absolute Gasteiger partial charge is 0.389 e. The molecular weight excluding hydrogens is 273 g/mol. The molecule has 0 aliphatic carbocycles. The van der Waals surface area contributed by atoms with Crippen molar-refractivity contribution in [1.29, 1.82) is 0 Å². The van der Waals surface area contributed by atoms with Crippen molar-refractivity contribution in [3.05, 3.63) is 28.8 Å². The maximum atomic E-state index is 11.9. The summed E-state index contributed by atoms with van der Waals surface area (Å²) >= 11 is 5.73. The zero-order valence-electron chi connectivity index (χ0n) is 9.13. The number of ether oxygens (including phenoxy) is 1. The van der Waals surface area contributed by atoms with Crippen molar-refractivity contribution in [2.45, 2.75) is 19.0 Å². The number of carboxylic acid groups (broad SMARTS) is 1. The predicted octanol–water partition coefficient (Wildman–Crippen LogP) is 3.76. The molecule has 0 spiro atoms. The van der Waals surface area contributed by atoms with Gasteiger partial charge >= 0.3 is 12.1 Å². The molecule has 0 bridgehead atoms. The predicted molar refractivity (Wildman–Crippen MR) is 59.2 cm³/mol. The number of benzene rings is 1. The number of alkyl halides is 3. The summed E-state index contributed by atoms with van der Waals surface area (Å²) in [6, 6.07) is 3.79. The first-order valence-corrected chi connectivity index (χ1v) is 5.40. The molecular formula is C11H10ClF3O3. The van der Waals surface area contributed by atoms with Crippen LogP contribution in [-0.4, -0.2) is 23.9 Å². The van der Waals surface area contributed by atoms with E-state index in [0.717, 1.165) is 0 Å². The van der Waals surface area contributed by atoms with Gasteiger partial charge in [0.1, 0.15) is 5.75 Å². The van der Waals surface area contributed by atoms with Crippen molar-refractivity contribution >= 4 is 17.6 Å². The van der Waals surface area contributed by atoms with E-state index in [-0.39, 0.29) is 29.4 Å². The van der Waals surface area contributed by atoms with Gasteiger partial charge in [0, 0.05) is 6.42 Å². The molecule has 1 aromatic carbocycles. The van der Waals surface area contributed by atoms with Crippen LogP contribution in [0.3, 0.4) is 0 Å². The van der Waals surface area contributed by atoms with Crippen molar-refractivity contribution in [2.24, 2.45) is 0 Å². The van der Waals surface area contributed by atoms with E-state index in [1.807, 2.05) is 0 Å². The third-order valence-corrected chi connectivity index (χ3v) is 2.35. The number of carboxylic acids is 1. The summed E-state index contributed by atoms with van der Waals surface area (Å²) in [6.07, 6.45) is -5.39. The first-order chi connectivity index (χ1) is 8.29. The number of carbonyl (C=O) groups is 1. The molecule has 1 N–H and O–H groups in total. The fourth-order valence-corrected chi connectivity index (χ4v) is 1.37. The number of hydrogen-bond acceptors (Lipinski definition) is 2. The van der Waals surface area contributed by atoms with Crippen LogP contribution in [0.1, 0.15) is 23.2 Å². The molecule has 7 heteroatoms. The fourth-order valence-electron chi connectivity index (χ4n) is 1.20. The maximum absolute atomic E-state index is 11.9. The first-order valence-electron chi connectivity index (χ1n) is 5.02. The minimum Gasteiger partial charge on any atom is -0.492 e. The van der Waals surface area contributed by atoms with Gasteiger partial charge in [-0.05, 0) is 24.6 Å².